The Morgan fingerprint density at radius 2 is 2.31 bits per heavy atom. The van der Waals surface area contributed by atoms with Crippen molar-refractivity contribution in [2.24, 2.45) is 0 Å². The predicted molar refractivity (Wildman–Crippen MR) is 61.9 cm³/mol. The van der Waals surface area contributed by atoms with Crippen molar-refractivity contribution in [2.45, 2.75) is 6.54 Å². The van der Waals surface area contributed by atoms with Gasteiger partial charge in [0.05, 0.1) is 23.9 Å². The zero-order valence-electron chi connectivity index (χ0n) is 8.38. The summed E-state index contributed by atoms with van der Waals surface area (Å²) in [6, 6.07) is 3.24. The van der Waals surface area contributed by atoms with E-state index in [1.807, 2.05) is 0 Å². The van der Waals surface area contributed by atoms with Crippen LogP contribution >= 0.6 is 11.3 Å². The monoisotopic (exact) mass is 234 g/mol. The number of rotatable bonds is 3. The van der Waals surface area contributed by atoms with E-state index in [0.717, 1.165) is 4.88 Å². The smallest absolute Gasteiger partial charge is 0.270 e. The van der Waals surface area contributed by atoms with Crippen LogP contribution in [0.15, 0.2) is 30.0 Å². The van der Waals surface area contributed by atoms with E-state index in [9.17, 15) is 4.79 Å². The molecule has 2 aromatic heterocycles. The minimum atomic E-state index is -0.214. The predicted octanol–water partition coefficient (Wildman–Crippen LogP) is 1.05. The van der Waals surface area contributed by atoms with Gasteiger partial charge in [0.2, 0.25) is 0 Å². The topological polar surface area (TPSA) is 80.9 Å². The third kappa shape index (κ3) is 2.54. The molecule has 0 unspecified atom stereocenters. The van der Waals surface area contributed by atoms with Crippen LogP contribution in [0.5, 0.6) is 0 Å². The number of nitrogen functional groups attached to an aromatic ring is 1. The van der Waals surface area contributed by atoms with Gasteiger partial charge in [-0.15, -0.1) is 11.3 Å². The minimum absolute atomic E-state index is 0.214. The molecular weight excluding hydrogens is 224 g/mol. The first kappa shape index (κ1) is 10.6. The number of carbonyl (C=O) groups is 1. The summed E-state index contributed by atoms with van der Waals surface area (Å²) in [6.45, 7) is 0.468. The fraction of sp³-hybridized carbons (Fsp3) is 0.100. The molecule has 0 aliphatic carbocycles. The lowest BCUT2D eigenvalue weighted by Crippen LogP contribution is -2.23. The number of carbonyl (C=O) groups excluding carboxylic acids is 1. The average molecular weight is 234 g/mol. The number of nitrogens with zero attached hydrogens (tertiary/aromatic N) is 2. The van der Waals surface area contributed by atoms with Crippen molar-refractivity contribution in [1.29, 1.82) is 0 Å². The zero-order chi connectivity index (χ0) is 11.4. The van der Waals surface area contributed by atoms with Crippen molar-refractivity contribution in [3.8, 4) is 0 Å². The van der Waals surface area contributed by atoms with E-state index in [2.05, 4.69) is 15.3 Å². The third-order valence-corrected chi connectivity index (χ3v) is 2.71. The number of nitrogens with one attached hydrogen (secondary N) is 1. The summed E-state index contributed by atoms with van der Waals surface area (Å²) in [7, 11) is 0. The van der Waals surface area contributed by atoms with E-state index >= 15 is 0 Å². The van der Waals surface area contributed by atoms with Crippen molar-refractivity contribution < 1.29 is 4.79 Å². The van der Waals surface area contributed by atoms with E-state index in [0.29, 0.717) is 17.9 Å². The summed E-state index contributed by atoms with van der Waals surface area (Å²) in [6.07, 6.45) is 3.18. The lowest BCUT2D eigenvalue weighted by atomic mass is 10.3. The Balaban J connectivity index is 1.95. The highest BCUT2D eigenvalue weighted by Gasteiger charge is 2.06. The number of thiazole rings is 1. The summed E-state index contributed by atoms with van der Waals surface area (Å²) in [5, 5.41) is 2.75. The molecule has 2 aromatic rings. The molecule has 0 atom stereocenters. The number of anilines is 1. The molecule has 3 N–H and O–H groups in total. The van der Waals surface area contributed by atoms with Gasteiger partial charge in [-0.3, -0.25) is 9.78 Å². The first-order valence-corrected chi connectivity index (χ1v) is 5.51. The van der Waals surface area contributed by atoms with E-state index in [4.69, 9.17) is 5.73 Å². The van der Waals surface area contributed by atoms with Gasteiger partial charge in [-0.05, 0) is 12.1 Å². The molecule has 5 nitrogen and oxygen atoms in total. The van der Waals surface area contributed by atoms with E-state index in [1.165, 1.54) is 17.5 Å². The highest BCUT2D eigenvalue weighted by Crippen LogP contribution is 2.05. The molecular formula is C10H10N4OS. The lowest BCUT2D eigenvalue weighted by molar-refractivity contribution is 0.0946. The molecule has 0 saturated carbocycles. The fourth-order valence-corrected chi connectivity index (χ4v) is 1.66. The lowest BCUT2D eigenvalue weighted by Gasteiger charge is -2.02. The van der Waals surface area contributed by atoms with Gasteiger partial charge < -0.3 is 11.1 Å². The van der Waals surface area contributed by atoms with Crippen LogP contribution in [0.4, 0.5) is 5.69 Å². The van der Waals surface area contributed by atoms with Crippen LogP contribution in [-0.2, 0) is 6.54 Å². The van der Waals surface area contributed by atoms with E-state index < -0.39 is 0 Å². The molecule has 16 heavy (non-hydrogen) atoms. The number of hydrogen-bond acceptors (Lipinski definition) is 5. The molecule has 0 radical (unpaired) electrons. The quantitative estimate of drug-likeness (QED) is 0.831. The highest BCUT2D eigenvalue weighted by atomic mass is 32.1. The number of hydrogen-bond donors (Lipinski definition) is 2. The van der Waals surface area contributed by atoms with Gasteiger partial charge >= 0.3 is 0 Å². The standard InChI is InChI=1S/C10H10N4OS/c11-7-1-2-9(13-3-7)10(15)14-5-8-4-12-6-16-8/h1-4,6H,5,11H2,(H,14,15). The average Bonchev–Trinajstić information content (AvgIpc) is 2.80. The zero-order valence-corrected chi connectivity index (χ0v) is 9.20. The minimum Gasteiger partial charge on any atom is -0.397 e. The van der Waals surface area contributed by atoms with Gasteiger partial charge in [-0.1, -0.05) is 0 Å². The van der Waals surface area contributed by atoms with Crippen molar-refractivity contribution in [1.82, 2.24) is 15.3 Å². The molecule has 0 aliphatic rings. The molecule has 2 heterocycles. The van der Waals surface area contributed by atoms with Crippen LogP contribution in [0.3, 0.4) is 0 Å². The summed E-state index contributed by atoms with van der Waals surface area (Å²) in [5.41, 5.74) is 8.10. The summed E-state index contributed by atoms with van der Waals surface area (Å²) < 4.78 is 0. The Labute approximate surface area is 96.3 Å². The third-order valence-electron chi connectivity index (χ3n) is 1.93. The van der Waals surface area contributed by atoms with Gasteiger partial charge in [0, 0.05) is 11.1 Å². The molecule has 0 aromatic carbocycles. The first-order chi connectivity index (χ1) is 7.75. The summed E-state index contributed by atoms with van der Waals surface area (Å²) in [5.74, 6) is -0.214. The van der Waals surface area contributed by atoms with E-state index in [-0.39, 0.29) is 5.91 Å². The molecule has 2 rings (SSSR count). The highest BCUT2D eigenvalue weighted by molar-refractivity contribution is 7.09. The fourth-order valence-electron chi connectivity index (χ4n) is 1.13. The van der Waals surface area contributed by atoms with Crippen molar-refractivity contribution in [3.05, 3.63) is 40.6 Å². The number of pyridine rings is 1. The Kier molecular flexibility index (Phi) is 3.11. The van der Waals surface area contributed by atoms with Crippen molar-refractivity contribution >= 4 is 22.9 Å². The van der Waals surface area contributed by atoms with Gasteiger partial charge in [0.25, 0.3) is 5.91 Å². The molecule has 0 fully saturated rings. The van der Waals surface area contributed by atoms with Crippen LogP contribution in [0, 0.1) is 0 Å². The Bertz CT molecular complexity index is 466. The van der Waals surface area contributed by atoms with Crippen molar-refractivity contribution in [3.63, 3.8) is 0 Å². The summed E-state index contributed by atoms with van der Waals surface area (Å²) >= 11 is 1.50. The first-order valence-electron chi connectivity index (χ1n) is 4.63. The van der Waals surface area contributed by atoms with Crippen molar-refractivity contribution in [2.75, 3.05) is 5.73 Å². The second-order valence-corrected chi connectivity index (χ2v) is 4.10. The Morgan fingerprint density at radius 3 is 2.94 bits per heavy atom. The molecule has 0 saturated heterocycles. The van der Waals surface area contributed by atoms with Crippen LogP contribution in [0.25, 0.3) is 0 Å². The van der Waals surface area contributed by atoms with Gasteiger partial charge in [-0.2, -0.15) is 0 Å². The molecule has 0 aliphatic heterocycles. The van der Waals surface area contributed by atoms with Crippen LogP contribution < -0.4 is 11.1 Å². The number of amides is 1. The second kappa shape index (κ2) is 4.71. The maximum absolute atomic E-state index is 11.6. The van der Waals surface area contributed by atoms with E-state index in [1.54, 1.807) is 23.8 Å². The number of nitrogens with two attached hydrogens (primary N) is 1. The van der Waals surface area contributed by atoms with Gasteiger partial charge in [0.15, 0.2) is 0 Å². The molecule has 6 heteroatoms. The summed E-state index contributed by atoms with van der Waals surface area (Å²) in [4.78, 5) is 20.5. The maximum atomic E-state index is 11.6. The maximum Gasteiger partial charge on any atom is 0.270 e. The molecule has 1 amide bonds. The SMILES string of the molecule is Nc1ccc(C(=O)NCc2cncs2)nc1. The van der Waals surface area contributed by atoms with Crippen LogP contribution in [0.1, 0.15) is 15.4 Å². The number of aromatic nitrogens is 2. The second-order valence-electron chi connectivity index (χ2n) is 3.13. The Hall–Kier alpha value is -1.95. The van der Waals surface area contributed by atoms with Crippen LogP contribution in [0.2, 0.25) is 0 Å². The van der Waals surface area contributed by atoms with Crippen LogP contribution in [-0.4, -0.2) is 15.9 Å². The Morgan fingerprint density at radius 1 is 1.44 bits per heavy atom. The molecule has 0 spiro atoms. The molecule has 82 valence electrons. The van der Waals surface area contributed by atoms with Gasteiger partial charge in [0.1, 0.15) is 5.69 Å². The molecule has 0 bridgehead atoms. The largest absolute Gasteiger partial charge is 0.397 e. The normalized spacial score (nSPS) is 10.0. The van der Waals surface area contributed by atoms with Gasteiger partial charge in [-0.25, -0.2) is 4.98 Å².